The lowest BCUT2D eigenvalue weighted by atomic mass is 9.65. The molecule has 0 amide bonds. The molecule has 0 radical (unpaired) electrons. The highest BCUT2D eigenvalue weighted by atomic mass is 16.5. The van der Waals surface area contributed by atoms with E-state index in [9.17, 15) is 0 Å². The summed E-state index contributed by atoms with van der Waals surface area (Å²) in [7, 11) is 0. The van der Waals surface area contributed by atoms with Crippen molar-refractivity contribution in [1.82, 2.24) is 19.9 Å². The Morgan fingerprint density at radius 1 is 0.508 bits per heavy atom. The molecule has 5 nitrogen and oxygen atoms in total. The zero-order valence-corrected chi connectivity index (χ0v) is 33.5. The SMILES string of the molecule is C=C/C=C\C(=C/C)c1nc(-c2ccccc2)nc(-c2ccc(-c3ccc4c(c3)C3(c5cc(-c6ccc7ccccc7n6)ccc5O4)c4ccccc4-c4ccccc43)cc2)n1. The van der Waals surface area contributed by atoms with Gasteiger partial charge in [0.2, 0.25) is 0 Å². The molecule has 1 aliphatic heterocycles. The summed E-state index contributed by atoms with van der Waals surface area (Å²) < 4.78 is 6.88. The predicted molar refractivity (Wildman–Crippen MR) is 247 cm³/mol. The number of allylic oxidation sites excluding steroid dienone is 5. The molecule has 5 heteroatoms. The highest BCUT2D eigenvalue weighted by Gasteiger charge is 2.51. The van der Waals surface area contributed by atoms with Crippen LogP contribution in [0.2, 0.25) is 0 Å². The Bertz CT molecular complexity index is 3210. The first-order chi connectivity index (χ1) is 30.1. The highest BCUT2D eigenvalue weighted by Crippen LogP contribution is 2.62. The molecule has 0 saturated heterocycles. The van der Waals surface area contributed by atoms with Crippen molar-refractivity contribution in [3.63, 3.8) is 0 Å². The van der Waals surface area contributed by atoms with Crippen LogP contribution in [0.1, 0.15) is 35.0 Å². The van der Waals surface area contributed by atoms with Gasteiger partial charge in [-0.3, -0.25) is 0 Å². The maximum atomic E-state index is 6.88. The van der Waals surface area contributed by atoms with Crippen molar-refractivity contribution in [1.29, 1.82) is 0 Å². The van der Waals surface area contributed by atoms with Crippen molar-refractivity contribution in [2.75, 3.05) is 0 Å². The number of fused-ring (bicyclic) bond motifs is 10. The summed E-state index contributed by atoms with van der Waals surface area (Å²) in [5.41, 5.74) is 14.3. The number of rotatable bonds is 7. The molecular weight excluding hydrogens is 745 g/mol. The number of pyridine rings is 1. The maximum absolute atomic E-state index is 6.88. The van der Waals surface area contributed by atoms with Gasteiger partial charge >= 0.3 is 0 Å². The summed E-state index contributed by atoms with van der Waals surface area (Å²) in [6.45, 7) is 5.83. The predicted octanol–water partition coefficient (Wildman–Crippen LogP) is 13.7. The first-order valence-electron chi connectivity index (χ1n) is 20.5. The van der Waals surface area contributed by atoms with E-state index >= 15 is 0 Å². The largest absolute Gasteiger partial charge is 0.457 e. The Kier molecular flexibility index (Phi) is 8.68. The summed E-state index contributed by atoms with van der Waals surface area (Å²) in [5, 5.41) is 1.12. The van der Waals surface area contributed by atoms with E-state index in [1.165, 1.54) is 22.3 Å². The molecule has 0 saturated carbocycles. The number of aromatic nitrogens is 4. The van der Waals surface area contributed by atoms with Gasteiger partial charge in [0, 0.05) is 38.8 Å². The molecule has 7 aromatic carbocycles. The molecule has 2 aliphatic rings. The van der Waals surface area contributed by atoms with Crippen LogP contribution in [0.4, 0.5) is 0 Å². The number of benzene rings is 7. The van der Waals surface area contributed by atoms with Crippen LogP contribution in [-0.4, -0.2) is 19.9 Å². The molecule has 0 unspecified atom stereocenters. The Balaban J connectivity index is 1.05. The van der Waals surface area contributed by atoms with E-state index in [-0.39, 0.29) is 0 Å². The van der Waals surface area contributed by atoms with Crippen LogP contribution in [0.25, 0.3) is 72.8 Å². The van der Waals surface area contributed by atoms with Gasteiger partial charge in [-0.25, -0.2) is 19.9 Å². The van der Waals surface area contributed by atoms with E-state index < -0.39 is 5.41 Å². The third-order valence-corrected chi connectivity index (χ3v) is 12.0. The molecule has 0 fully saturated rings. The Morgan fingerprint density at radius 3 is 1.77 bits per heavy atom. The summed E-state index contributed by atoms with van der Waals surface area (Å²) in [6, 6.07) is 61.9. The summed E-state index contributed by atoms with van der Waals surface area (Å²) in [6.07, 6.45) is 7.62. The van der Waals surface area contributed by atoms with Crippen molar-refractivity contribution < 1.29 is 4.74 Å². The minimum atomic E-state index is -0.640. The van der Waals surface area contributed by atoms with E-state index in [0.717, 1.165) is 72.6 Å². The lowest BCUT2D eigenvalue weighted by molar-refractivity contribution is 0.436. The Morgan fingerprint density at radius 2 is 1.08 bits per heavy atom. The average Bonchev–Trinajstić information content (AvgIpc) is 3.62. The van der Waals surface area contributed by atoms with Crippen LogP contribution < -0.4 is 4.74 Å². The van der Waals surface area contributed by atoms with Crippen LogP contribution in [0.5, 0.6) is 11.5 Å². The normalized spacial score (nSPS) is 13.4. The second-order valence-electron chi connectivity index (χ2n) is 15.3. The summed E-state index contributed by atoms with van der Waals surface area (Å²) in [4.78, 5) is 19.9. The minimum absolute atomic E-state index is 0.602. The Hall–Kier alpha value is -8.02. The van der Waals surface area contributed by atoms with Crippen LogP contribution in [0.3, 0.4) is 0 Å². The number of para-hydroxylation sites is 1. The van der Waals surface area contributed by atoms with Gasteiger partial charge in [0.15, 0.2) is 17.5 Å². The second kappa shape index (κ2) is 14.7. The van der Waals surface area contributed by atoms with Crippen molar-refractivity contribution in [2.24, 2.45) is 0 Å². The smallest absolute Gasteiger partial charge is 0.164 e. The fourth-order valence-electron chi connectivity index (χ4n) is 9.10. The minimum Gasteiger partial charge on any atom is -0.457 e. The quantitative estimate of drug-likeness (QED) is 0.151. The van der Waals surface area contributed by atoms with Crippen LogP contribution in [-0.2, 0) is 5.41 Å². The molecule has 2 aromatic heterocycles. The zero-order chi connectivity index (χ0) is 40.9. The molecule has 288 valence electrons. The fourth-order valence-corrected chi connectivity index (χ4v) is 9.10. The maximum Gasteiger partial charge on any atom is 0.164 e. The van der Waals surface area contributed by atoms with Gasteiger partial charge in [0.05, 0.1) is 16.6 Å². The third kappa shape index (κ3) is 5.93. The monoisotopic (exact) mass is 782 g/mol. The van der Waals surface area contributed by atoms with Crippen LogP contribution in [0, 0.1) is 0 Å². The molecular formula is C56H38N4O. The zero-order valence-electron chi connectivity index (χ0n) is 33.5. The molecule has 9 aromatic rings. The van der Waals surface area contributed by atoms with Crippen LogP contribution >= 0.6 is 0 Å². The molecule has 1 spiro atoms. The van der Waals surface area contributed by atoms with E-state index in [0.29, 0.717) is 17.5 Å². The Labute approximate surface area is 354 Å². The van der Waals surface area contributed by atoms with E-state index in [1.54, 1.807) is 6.08 Å². The molecule has 1 aliphatic carbocycles. The number of hydrogen-bond donors (Lipinski definition) is 0. The third-order valence-electron chi connectivity index (χ3n) is 12.0. The fraction of sp³-hybridized carbons (Fsp3) is 0.0357. The lowest BCUT2D eigenvalue weighted by Crippen LogP contribution is -2.32. The molecule has 61 heavy (non-hydrogen) atoms. The number of ether oxygens (including phenoxy) is 1. The molecule has 0 N–H and O–H groups in total. The van der Waals surface area contributed by atoms with Gasteiger partial charge in [-0.2, -0.15) is 0 Å². The first kappa shape index (κ1) is 36.1. The molecule has 11 rings (SSSR count). The molecule has 0 bridgehead atoms. The van der Waals surface area contributed by atoms with Gasteiger partial charge in [0.1, 0.15) is 11.5 Å². The van der Waals surface area contributed by atoms with Gasteiger partial charge in [0.25, 0.3) is 0 Å². The van der Waals surface area contributed by atoms with Crippen molar-refractivity contribution in [3.05, 3.63) is 235 Å². The molecule has 3 heterocycles. The topological polar surface area (TPSA) is 60.8 Å². The highest BCUT2D eigenvalue weighted by molar-refractivity contribution is 5.90. The van der Waals surface area contributed by atoms with Crippen molar-refractivity contribution in [3.8, 4) is 67.8 Å². The van der Waals surface area contributed by atoms with Crippen LogP contribution in [0.15, 0.2) is 207 Å². The van der Waals surface area contributed by atoms with E-state index in [1.807, 2.05) is 61.5 Å². The van der Waals surface area contributed by atoms with E-state index in [4.69, 9.17) is 24.7 Å². The van der Waals surface area contributed by atoms with Gasteiger partial charge < -0.3 is 4.74 Å². The molecule has 0 atom stereocenters. The average molecular weight is 783 g/mol. The van der Waals surface area contributed by atoms with Gasteiger partial charge in [-0.15, -0.1) is 0 Å². The van der Waals surface area contributed by atoms with Gasteiger partial charge in [-0.1, -0.05) is 164 Å². The van der Waals surface area contributed by atoms with Crippen molar-refractivity contribution >= 4 is 16.5 Å². The van der Waals surface area contributed by atoms with E-state index in [2.05, 4.69) is 146 Å². The standard InChI is InChI=1S/C56H38N4O/c1-3-5-15-36(4-2)53-58-54(39-17-7-6-8-18-39)60-55(59-53)40-26-24-37(25-27-40)41-29-32-51-47(34-41)56(45-21-12-10-19-43(45)44-20-11-13-22-46(44)56)48-35-42(30-33-52(48)61-51)50-31-28-38-16-9-14-23-49(38)57-50/h3-35H,1H2,2H3/b15-5-,36-4+. The van der Waals surface area contributed by atoms with Crippen molar-refractivity contribution in [2.45, 2.75) is 12.3 Å². The number of hydrogen-bond acceptors (Lipinski definition) is 5. The number of nitrogens with zero attached hydrogens (tertiary/aromatic N) is 4. The second-order valence-corrected chi connectivity index (χ2v) is 15.3. The summed E-state index contributed by atoms with van der Waals surface area (Å²) in [5.74, 6) is 3.51. The summed E-state index contributed by atoms with van der Waals surface area (Å²) >= 11 is 0. The first-order valence-corrected chi connectivity index (χ1v) is 20.5. The van der Waals surface area contributed by atoms with Gasteiger partial charge in [-0.05, 0) is 82.8 Å². The lowest BCUT2D eigenvalue weighted by Gasteiger charge is -2.40.